The van der Waals surface area contributed by atoms with Crippen LogP contribution in [0.4, 0.5) is 0 Å². The highest BCUT2D eigenvalue weighted by atomic mass is 79.9. The van der Waals surface area contributed by atoms with E-state index in [0.717, 1.165) is 38.1 Å². The molecule has 2 heterocycles. The highest BCUT2D eigenvalue weighted by Crippen LogP contribution is 2.33. The van der Waals surface area contributed by atoms with Crippen LogP contribution in [0.1, 0.15) is 26.5 Å². The number of ether oxygens (including phenoxy) is 1. The SMILES string of the molecule is CC(C)(C)Cn1nnc2c(Br)c(OCc3cccc(Br)n3)ccc21. The fraction of sp³-hybridized carbons (Fsp3) is 0.353. The minimum atomic E-state index is 0.134. The lowest BCUT2D eigenvalue weighted by Gasteiger charge is -2.18. The number of hydrogen-bond acceptors (Lipinski definition) is 4. The molecule has 0 fully saturated rings. The van der Waals surface area contributed by atoms with Crippen molar-refractivity contribution in [3.63, 3.8) is 0 Å². The summed E-state index contributed by atoms with van der Waals surface area (Å²) < 4.78 is 9.43. The first kappa shape index (κ1) is 17.4. The minimum absolute atomic E-state index is 0.134. The van der Waals surface area contributed by atoms with Gasteiger partial charge in [0.2, 0.25) is 0 Å². The molecule has 0 unspecified atom stereocenters. The molecule has 0 aliphatic rings. The van der Waals surface area contributed by atoms with Gasteiger partial charge in [-0.2, -0.15) is 0 Å². The van der Waals surface area contributed by atoms with E-state index in [4.69, 9.17) is 4.74 Å². The number of benzene rings is 1. The summed E-state index contributed by atoms with van der Waals surface area (Å²) in [7, 11) is 0. The molecule has 0 atom stereocenters. The van der Waals surface area contributed by atoms with Gasteiger partial charge in [0.25, 0.3) is 0 Å². The standard InChI is InChI=1S/C17H18Br2N4O/c1-17(2,3)10-23-12-7-8-13(15(19)16(12)21-22-23)24-9-11-5-4-6-14(18)20-11/h4-8H,9-10H2,1-3H3. The van der Waals surface area contributed by atoms with Crippen molar-refractivity contribution in [3.05, 3.63) is 45.1 Å². The summed E-state index contributed by atoms with van der Waals surface area (Å²) >= 11 is 6.96. The molecule has 126 valence electrons. The van der Waals surface area contributed by atoms with Gasteiger partial charge in [0.05, 0.1) is 15.7 Å². The summed E-state index contributed by atoms with van der Waals surface area (Å²) in [6, 6.07) is 9.68. The largest absolute Gasteiger partial charge is 0.486 e. The summed E-state index contributed by atoms with van der Waals surface area (Å²) in [5.41, 5.74) is 2.78. The minimum Gasteiger partial charge on any atom is -0.486 e. The van der Waals surface area contributed by atoms with Gasteiger partial charge in [-0.1, -0.05) is 32.1 Å². The summed E-state index contributed by atoms with van der Waals surface area (Å²) in [6.45, 7) is 7.73. The Kier molecular flexibility index (Phi) is 4.92. The van der Waals surface area contributed by atoms with Gasteiger partial charge in [-0.05, 0) is 61.5 Å². The molecule has 0 amide bonds. The lowest BCUT2D eigenvalue weighted by atomic mass is 9.97. The molecular formula is C17H18Br2N4O. The van der Waals surface area contributed by atoms with E-state index >= 15 is 0 Å². The van der Waals surface area contributed by atoms with E-state index in [1.165, 1.54) is 0 Å². The molecular weight excluding hydrogens is 436 g/mol. The highest BCUT2D eigenvalue weighted by Gasteiger charge is 2.17. The van der Waals surface area contributed by atoms with E-state index in [1.807, 2.05) is 35.0 Å². The third-order valence-corrected chi connectivity index (χ3v) is 4.57. The topological polar surface area (TPSA) is 52.8 Å². The van der Waals surface area contributed by atoms with Crippen molar-refractivity contribution in [2.45, 2.75) is 33.9 Å². The summed E-state index contributed by atoms with van der Waals surface area (Å²) in [4.78, 5) is 4.37. The Balaban J connectivity index is 1.84. The average molecular weight is 454 g/mol. The molecule has 0 N–H and O–H groups in total. The Morgan fingerprint density at radius 1 is 1.12 bits per heavy atom. The van der Waals surface area contributed by atoms with Gasteiger partial charge in [0, 0.05) is 6.54 Å². The van der Waals surface area contributed by atoms with Crippen molar-refractivity contribution in [3.8, 4) is 5.75 Å². The van der Waals surface area contributed by atoms with Gasteiger partial charge >= 0.3 is 0 Å². The second kappa shape index (κ2) is 6.80. The van der Waals surface area contributed by atoms with E-state index in [9.17, 15) is 0 Å². The average Bonchev–Trinajstić information content (AvgIpc) is 2.89. The number of pyridine rings is 1. The van der Waals surface area contributed by atoms with Gasteiger partial charge in [0.15, 0.2) is 0 Å². The molecule has 1 aromatic carbocycles. The van der Waals surface area contributed by atoms with Crippen molar-refractivity contribution < 1.29 is 4.74 Å². The second-order valence-electron chi connectivity index (χ2n) is 6.79. The number of nitrogens with zero attached hydrogens (tertiary/aromatic N) is 4. The molecule has 3 aromatic rings. The van der Waals surface area contributed by atoms with Gasteiger partial charge in [0.1, 0.15) is 22.5 Å². The molecule has 2 aromatic heterocycles. The van der Waals surface area contributed by atoms with Crippen molar-refractivity contribution in [2.24, 2.45) is 5.41 Å². The van der Waals surface area contributed by atoms with Crippen molar-refractivity contribution in [1.29, 1.82) is 0 Å². The lowest BCUT2D eigenvalue weighted by Crippen LogP contribution is -2.16. The maximum Gasteiger partial charge on any atom is 0.136 e. The molecule has 0 bridgehead atoms. The van der Waals surface area contributed by atoms with Crippen molar-refractivity contribution >= 4 is 42.9 Å². The third-order valence-electron chi connectivity index (χ3n) is 3.36. The van der Waals surface area contributed by atoms with Crippen LogP contribution >= 0.6 is 31.9 Å². The third kappa shape index (κ3) is 3.95. The first-order valence-corrected chi connectivity index (χ1v) is 9.18. The van der Waals surface area contributed by atoms with Crippen LogP contribution in [0.15, 0.2) is 39.4 Å². The predicted octanol–water partition coefficient (Wildman–Crippen LogP) is 4.98. The molecule has 3 rings (SSSR count). The zero-order chi connectivity index (χ0) is 17.3. The monoisotopic (exact) mass is 452 g/mol. The quantitative estimate of drug-likeness (QED) is 0.523. The molecule has 0 aliphatic heterocycles. The zero-order valence-corrected chi connectivity index (χ0v) is 16.9. The van der Waals surface area contributed by atoms with Crippen LogP contribution in [0.3, 0.4) is 0 Å². The Hall–Kier alpha value is -1.47. The lowest BCUT2D eigenvalue weighted by molar-refractivity contribution is 0.299. The summed E-state index contributed by atoms with van der Waals surface area (Å²) in [6.07, 6.45) is 0. The Morgan fingerprint density at radius 2 is 1.92 bits per heavy atom. The molecule has 7 heteroatoms. The van der Waals surface area contributed by atoms with Crippen LogP contribution in [0, 0.1) is 5.41 Å². The molecule has 0 radical (unpaired) electrons. The molecule has 0 saturated heterocycles. The smallest absolute Gasteiger partial charge is 0.136 e. The normalized spacial score (nSPS) is 11.9. The van der Waals surface area contributed by atoms with Crippen molar-refractivity contribution in [2.75, 3.05) is 0 Å². The van der Waals surface area contributed by atoms with E-state index < -0.39 is 0 Å². The van der Waals surface area contributed by atoms with Gasteiger partial charge in [-0.3, -0.25) is 0 Å². The summed E-state index contributed by atoms with van der Waals surface area (Å²) in [5.74, 6) is 0.729. The Morgan fingerprint density at radius 3 is 2.62 bits per heavy atom. The highest BCUT2D eigenvalue weighted by molar-refractivity contribution is 9.11. The maximum atomic E-state index is 5.89. The van der Waals surface area contributed by atoms with Crippen LogP contribution < -0.4 is 4.74 Å². The first-order valence-electron chi connectivity index (χ1n) is 7.59. The van der Waals surface area contributed by atoms with Gasteiger partial charge in [-0.25, -0.2) is 9.67 Å². The van der Waals surface area contributed by atoms with Gasteiger partial charge in [-0.15, -0.1) is 5.10 Å². The predicted molar refractivity (Wildman–Crippen MR) is 101 cm³/mol. The molecule has 24 heavy (non-hydrogen) atoms. The number of fused-ring (bicyclic) bond motifs is 1. The molecule has 0 saturated carbocycles. The van der Waals surface area contributed by atoms with Crippen molar-refractivity contribution in [1.82, 2.24) is 20.0 Å². The van der Waals surface area contributed by atoms with Gasteiger partial charge < -0.3 is 4.74 Å². The first-order chi connectivity index (χ1) is 11.3. The fourth-order valence-electron chi connectivity index (χ4n) is 2.35. The van der Waals surface area contributed by atoms with E-state index in [2.05, 4.69) is 67.9 Å². The zero-order valence-electron chi connectivity index (χ0n) is 13.8. The number of hydrogen-bond donors (Lipinski definition) is 0. The van der Waals surface area contributed by atoms with Crippen LogP contribution in [0.2, 0.25) is 0 Å². The molecule has 0 aliphatic carbocycles. The second-order valence-corrected chi connectivity index (χ2v) is 8.40. The fourth-order valence-corrected chi connectivity index (χ4v) is 3.26. The number of halogens is 2. The number of aromatic nitrogens is 4. The number of rotatable bonds is 4. The van der Waals surface area contributed by atoms with Crippen LogP contribution in [-0.2, 0) is 13.2 Å². The molecule has 0 spiro atoms. The van der Waals surface area contributed by atoms with Crippen LogP contribution in [0.25, 0.3) is 11.0 Å². The Bertz CT molecular complexity index is 871. The maximum absolute atomic E-state index is 5.89. The van der Waals surface area contributed by atoms with Crippen LogP contribution in [0.5, 0.6) is 5.75 Å². The molecule has 5 nitrogen and oxygen atoms in total. The summed E-state index contributed by atoms with van der Waals surface area (Å²) in [5, 5.41) is 8.57. The Labute approximate surface area is 157 Å². The van der Waals surface area contributed by atoms with E-state index in [-0.39, 0.29) is 5.41 Å². The van der Waals surface area contributed by atoms with Crippen LogP contribution in [-0.4, -0.2) is 20.0 Å². The van der Waals surface area contributed by atoms with E-state index in [0.29, 0.717) is 6.61 Å². The van der Waals surface area contributed by atoms with E-state index in [1.54, 1.807) is 0 Å².